The second-order valence-electron chi connectivity index (χ2n) is 7.07. The van der Waals surface area contributed by atoms with E-state index in [9.17, 15) is 0 Å². The average molecular weight is 398 g/mol. The van der Waals surface area contributed by atoms with E-state index in [-0.39, 0.29) is 0 Å². The Morgan fingerprint density at radius 2 is 1.69 bits per heavy atom. The van der Waals surface area contributed by atoms with Crippen molar-refractivity contribution in [1.82, 2.24) is 10.6 Å². The van der Waals surface area contributed by atoms with Crippen molar-refractivity contribution in [1.29, 1.82) is 0 Å². The number of rotatable bonds is 8. The van der Waals surface area contributed by atoms with Crippen LogP contribution in [-0.2, 0) is 29.2 Å². The summed E-state index contributed by atoms with van der Waals surface area (Å²) in [5.74, 6) is 1.63. The molecule has 2 N–H and O–H groups in total. The third-order valence-electron chi connectivity index (χ3n) is 4.95. The number of hydrogen-bond acceptors (Lipinski definition) is 4. The van der Waals surface area contributed by atoms with Crippen molar-refractivity contribution in [3.8, 4) is 5.75 Å². The standard InChI is InChI=1S/C23H31N3O3/c1-24-23(25-15-18-6-8-21(27-2)9-7-18)26-16-19-4-3-5-20(14-19)17-29-22-10-12-28-13-11-22/h3-9,14,22H,10-13,15-17H2,1-2H3,(H2,24,25,26). The molecular weight excluding hydrogens is 366 g/mol. The van der Waals surface area contributed by atoms with Crippen LogP contribution < -0.4 is 15.4 Å². The normalized spacial score (nSPS) is 15.2. The summed E-state index contributed by atoms with van der Waals surface area (Å²) in [6, 6.07) is 16.5. The van der Waals surface area contributed by atoms with Gasteiger partial charge < -0.3 is 24.8 Å². The minimum atomic E-state index is 0.312. The minimum Gasteiger partial charge on any atom is -0.497 e. The first-order chi connectivity index (χ1) is 14.3. The monoisotopic (exact) mass is 397 g/mol. The molecule has 2 aromatic rings. The lowest BCUT2D eigenvalue weighted by Crippen LogP contribution is -2.36. The van der Waals surface area contributed by atoms with Crippen molar-refractivity contribution in [2.45, 2.75) is 38.6 Å². The lowest BCUT2D eigenvalue weighted by molar-refractivity contribution is -0.0390. The lowest BCUT2D eigenvalue weighted by Gasteiger charge is -2.22. The Hall–Kier alpha value is -2.57. The number of nitrogens with zero attached hydrogens (tertiary/aromatic N) is 1. The van der Waals surface area contributed by atoms with Gasteiger partial charge in [-0.2, -0.15) is 0 Å². The molecule has 0 unspecified atom stereocenters. The summed E-state index contributed by atoms with van der Waals surface area (Å²) in [6.07, 6.45) is 2.28. The van der Waals surface area contributed by atoms with Gasteiger partial charge >= 0.3 is 0 Å². The predicted molar refractivity (Wildman–Crippen MR) is 115 cm³/mol. The van der Waals surface area contributed by atoms with Crippen molar-refractivity contribution in [2.75, 3.05) is 27.4 Å². The van der Waals surface area contributed by atoms with Gasteiger partial charge in [-0.1, -0.05) is 36.4 Å². The number of aliphatic imine (C=N–C) groups is 1. The first-order valence-corrected chi connectivity index (χ1v) is 10.1. The van der Waals surface area contributed by atoms with E-state index in [0.29, 0.717) is 25.8 Å². The summed E-state index contributed by atoms with van der Waals surface area (Å²) in [5.41, 5.74) is 3.56. The van der Waals surface area contributed by atoms with Crippen LogP contribution in [0.4, 0.5) is 0 Å². The van der Waals surface area contributed by atoms with Crippen molar-refractivity contribution >= 4 is 5.96 Å². The summed E-state index contributed by atoms with van der Waals surface area (Å²) in [4.78, 5) is 4.31. The van der Waals surface area contributed by atoms with Crippen LogP contribution in [0.25, 0.3) is 0 Å². The predicted octanol–water partition coefficient (Wildman–Crippen LogP) is 3.26. The molecule has 0 amide bonds. The quantitative estimate of drug-likeness (QED) is 0.529. The Labute approximate surface area is 173 Å². The van der Waals surface area contributed by atoms with Crippen LogP contribution in [0, 0.1) is 0 Å². The number of ether oxygens (including phenoxy) is 3. The van der Waals surface area contributed by atoms with E-state index in [1.54, 1.807) is 14.2 Å². The highest BCUT2D eigenvalue weighted by Gasteiger charge is 2.14. The first-order valence-electron chi connectivity index (χ1n) is 10.1. The highest BCUT2D eigenvalue weighted by Crippen LogP contribution is 2.14. The molecule has 6 nitrogen and oxygen atoms in total. The molecule has 1 heterocycles. The maximum atomic E-state index is 6.03. The van der Waals surface area contributed by atoms with Gasteiger partial charge in [0, 0.05) is 33.4 Å². The summed E-state index contributed by atoms with van der Waals surface area (Å²) in [7, 11) is 3.45. The molecule has 0 aromatic heterocycles. The zero-order valence-corrected chi connectivity index (χ0v) is 17.3. The van der Waals surface area contributed by atoms with Gasteiger partial charge in [-0.05, 0) is 41.7 Å². The van der Waals surface area contributed by atoms with Crippen molar-refractivity contribution in [3.63, 3.8) is 0 Å². The molecule has 1 fully saturated rings. The largest absolute Gasteiger partial charge is 0.497 e. The summed E-state index contributed by atoms with van der Waals surface area (Å²) < 4.78 is 16.6. The van der Waals surface area contributed by atoms with E-state index in [1.807, 2.05) is 24.3 Å². The van der Waals surface area contributed by atoms with E-state index in [4.69, 9.17) is 14.2 Å². The molecule has 0 bridgehead atoms. The van der Waals surface area contributed by atoms with E-state index < -0.39 is 0 Å². The molecule has 0 spiro atoms. The summed E-state index contributed by atoms with van der Waals surface area (Å²) >= 11 is 0. The third-order valence-corrected chi connectivity index (χ3v) is 4.95. The molecule has 2 aromatic carbocycles. The van der Waals surface area contributed by atoms with Crippen molar-refractivity contribution in [3.05, 3.63) is 65.2 Å². The Bertz CT molecular complexity index is 771. The minimum absolute atomic E-state index is 0.312. The summed E-state index contributed by atoms with van der Waals surface area (Å²) in [5, 5.41) is 6.71. The Kier molecular flexibility index (Phi) is 8.34. The van der Waals surface area contributed by atoms with Crippen LogP contribution >= 0.6 is 0 Å². The van der Waals surface area contributed by atoms with Crippen LogP contribution in [0.2, 0.25) is 0 Å². The smallest absolute Gasteiger partial charge is 0.191 e. The van der Waals surface area contributed by atoms with Gasteiger partial charge in [0.15, 0.2) is 5.96 Å². The van der Waals surface area contributed by atoms with E-state index in [1.165, 1.54) is 16.7 Å². The molecule has 3 rings (SSSR count). The Morgan fingerprint density at radius 3 is 2.38 bits per heavy atom. The van der Waals surface area contributed by atoms with Gasteiger partial charge in [0.25, 0.3) is 0 Å². The maximum absolute atomic E-state index is 6.03. The van der Waals surface area contributed by atoms with E-state index in [2.05, 4.69) is 39.9 Å². The average Bonchev–Trinajstić information content (AvgIpc) is 2.79. The van der Waals surface area contributed by atoms with Gasteiger partial charge in [0.1, 0.15) is 5.75 Å². The Balaban J connectivity index is 1.44. The van der Waals surface area contributed by atoms with Gasteiger partial charge in [0.05, 0.1) is 19.8 Å². The fourth-order valence-electron chi connectivity index (χ4n) is 3.22. The second kappa shape index (κ2) is 11.4. The molecule has 1 saturated heterocycles. The van der Waals surface area contributed by atoms with Gasteiger partial charge in [-0.15, -0.1) is 0 Å². The summed E-state index contributed by atoms with van der Waals surface area (Å²) in [6.45, 7) is 3.65. The molecule has 1 aliphatic rings. The third kappa shape index (κ3) is 7.07. The maximum Gasteiger partial charge on any atom is 0.191 e. The number of methoxy groups -OCH3 is 1. The SMILES string of the molecule is CN=C(NCc1ccc(OC)cc1)NCc1cccc(COC2CCOCC2)c1. The van der Waals surface area contributed by atoms with Crippen molar-refractivity contribution in [2.24, 2.45) is 4.99 Å². The fraction of sp³-hybridized carbons (Fsp3) is 0.435. The molecule has 156 valence electrons. The molecule has 0 radical (unpaired) electrons. The Morgan fingerprint density at radius 1 is 1.00 bits per heavy atom. The van der Waals surface area contributed by atoms with Crippen molar-refractivity contribution < 1.29 is 14.2 Å². The van der Waals surface area contributed by atoms with Crippen LogP contribution in [0.1, 0.15) is 29.5 Å². The van der Waals surface area contributed by atoms with Crippen LogP contribution in [0.3, 0.4) is 0 Å². The van der Waals surface area contributed by atoms with Crippen LogP contribution in [0.15, 0.2) is 53.5 Å². The number of benzene rings is 2. The zero-order valence-electron chi connectivity index (χ0n) is 17.3. The van der Waals surface area contributed by atoms with Gasteiger partial charge in [-0.3, -0.25) is 4.99 Å². The van der Waals surface area contributed by atoms with Gasteiger partial charge in [0.2, 0.25) is 0 Å². The second-order valence-corrected chi connectivity index (χ2v) is 7.07. The van der Waals surface area contributed by atoms with Crippen LogP contribution in [0.5, 0.6) is 5.75 Å². The molecule has 1 aliphatic heterocycles. The molecular formula is C23H31N3O3. The fourth-order valence-corrected chi connectivity index (χ4v) is 3.22. The molecule has 0 saturated carbocycles. The molecule has 6 heteroatoms. The highest BCUT2D eigenvalue weighted by molar-refractivity contribution is 5.79. The van der Waals surface area contributed by atoms with E-state index >= 15 is 0 Å². The van der Waals surface area contributed by atoms with E-state index in [0.717, 1.165) is 37.8 Å². The molecule has 0 atom stereocenters. The molecule has 29 heavy (non-hydrogen) atoms. The molecule has 0 aliphatic carbocycles. The highest BCUT2D eigenvalue weighted by atomic mass is 16.5. The number of guanidine groups is 1. The topological polar surface area (TPSA) is 64.1 Å². The van der Waals surface area contributed by atoms with Gasteiger partial charge in [-0.25, -0.2) is 0 Å². The van der Waals surface area contributed by atoms with Crippen LogP contribution in [-0.4, -0.2) is 39.4 Å². The number of nitrogens with one attached hydrogen (secondary N) is 2. The zero-order chi connectivity index (χ0) is 20.3. The number of hydrogen-bond donors (Lipinski definition) is 2. The lowest BCUT2D eigenvalue weighted by atomic mass is 10.1. The first kappa shape index (κ1) is 21.1.